The van der Waals surface area contributed by atoms with Gasteiger partial charge in [0.05, 0.1) is 0 Å². The standard InChI is InChI=1S/C11H22N2O/c1-8(2)7-13(10-4-5-10)11(14)6-9(3)12/h8-10H,4-7,12H2,1-3H3. The number of nitrogens with zero attached hydrogens (tertiary/aromatic N) is 1. The number of nitrogens with two attached hydrogens (primary N) is 1. The number of rotatable bonds is 5. The molecule has 1 saturated carbocycles. The van der Waals surface area contributed by atoms with E-state index in [0.717, 1.165) is 6.54 Å². The summed E-state index contributed by atoms with van der Waals surface area (Å²) in [6.45, 7) is 7.07. The molecule has 1 unspecified atom stereocenters. The van der Waals surface area contributed by atoms with Crippen LogP contribution in [0.15, 0.2) is 0 Å². The van der Waals surface area contributed by atoms with Crippen LogP contribution in [0.25, 0.3) is 0 Å². The Hall–Kier alpha value is -0.570. The minimum atomic E-state index is -0.0177. The van der Waals surface area contributed by atoms with E-state index in [1.807, 2.05) is 11.8 Å². The van der Waals surface area contributed by atoms with Gasteiger partial charge >= 0.3 is 0 Å². The highest BCUT2D eigenvalue weighted by Crippen LogP contribution is 2.28. The summed E-state index contributed by atoms with van der Waals surface area (Å²) in [5, 5.41) is 0. The number of carbonyl (C=O) groups is 1. The van der Waals surface area contributed by atoms with E-state index in [9.17, 15) is 4.79 Å². The minimum absolute atomic E-state index is 0.0177. The van der Waals surface area contributed by atoms with Crippen molar-refractivity contribution in [1.82, 2.24) is 4.90 Å². The first-order valence-electron chi connectivity index (χ1n) is 5.55. The molecule has 14 heavy (non-hydrogen) atoms. The molecule has 0 aliphatic heterocycles. The van der Waals surface area contributed by atoms with Crippen LogP contribution in [0, 0.1) is 5.92 Å². The fourth-order valence-electron chi connectivity index (χ4n) is 1.63. The molecule has 1 fully saturated rings. The van der Waals surface area contributed by atoms with Crippen molar-refractivity contribution in [3.05, 3.63) is 0 Å². The first kappa shape index (κ1) is 11.5. The van der Waals surface area contributed by atoms with Crippen molar-refractivity contribution in [2.24, 2.45) is 11.7 Å². The Bertz CT molecular complexity index is 197. The topological polar surface area (TPSA) is 46.3 Å². The van der Waals surface area contributed by atoms with Crippen LogP contribution in [-0.4, -0.2) is 29.4 Å². The third-order valence-electron chi connectivity index (χ3n) is 2.37. The lowest BCUT2D eigenvalue weighted by Crippen LogP contribution is -2.38. The van der Waals surface area contributed by atoms with Gasteiger partial charge < -0.3 is 10.6 Å². The van der Waals surface area contributed by atoms with E-state index in [-0.39, 0.29) is 11.9 Å². The quantitative estimate of drug-likeness (QED) is 0.725. The maximum Gasteiger partial charge on any atom is 0.224 e. The Morgan fingerprint density at radius 1 is 1.43 bits per heavy atom. The van der Waals surface area contributed by atoms with Crippen molar-refractivity contribution in [3.8, 4) is 0 Å². The molecule has 1 aliphatic rings. The third kappa shape index (κ3) is 3.66. The van der Waals surface area contributed by atoms with Crippen LogP contribution in [0.2, 0.25) is 0 Å². The lowest BCUT2D eigenvalue weighted by molar-refractivity contribution is -0.132. The molecular formula is C11H22N2O. The zero-order chi connectivity index (χ0) is 10.7. The fraction of sp³-hybridized carbons (Fsp3) is 0.909. The van der Waals surface area contributed by atoms with E-state index in [1.54, 1.807) is 0 Å². The summed E-state index contributed by atoms with van der Waals surface area (Å²) in [4.78, 5) is 13.8. The van der Waals surface area contributed by atoms with Crippen LogP contribution < -0.4 is 5.73 Å². The number of amides is 1. The van der Waals surface area contributed by atoms with Gasteiger partial charge in [-0.25, -0.2) is 0 Å². The van der Waals surface area contributed by atoms with Crippen LogP contribution in [0.1, 0.15) is 40.0 Å². The molecule has 1 rings (SSSR count). The molecule has 82 valence electrons. The lowest BCUT2D eigenvalue weighted by atomic mass is 10.1. The molecule has 2 N–H and O–H groups in total. The summed E-state index contributed by atoms with van der Waals surface area (Å²) in [6.07, 6.45) is 2.85. The molecule has 0 radical (unpaired) electrons. The average molecular weight is 198 g/mol. The molecule has 1 amide bonds. The number of hydrogen-bond donors (Lipinski definition) is 1. The highest BCUT2D eigenvalue weighted by atomic mass is 16.2. The molecule has 0 saturated heterocycles. The van der Waals surface area contributed by atoms with Gasteiger partial charge in [-0.2, -0.15) is 0 Å². The van der Waals surface area contributed by atoms with E-state index in [1.165, 1.54) is 12.8 Å². The third-order valence-corrected chi connectivity index (χ3v) is 2.37. The van der Waals surface area contributed by atoms with Crippen molar-refractivity contribution in [1.29, 1.82) is 0 Å². The second-order valence-corrected chi connectivity index (χ2v) is 4.85. The molecule has 0 heterocycles. The van der Waals surface area contributed by atoms with Crippen molar-refractivity contribution in [2.45, 2.75) is 52.1 Å². The SMILES string of the molecule is CC(C)CN(C(=O)CC(C)N)C1CC1. The predicted octanol–water partition coefficient (Wildman–Crippen LogP) is 1.37. The van der Waals surface area contributed by atoms with Crippen LogP contribution >= 0.6 is 0 Å². The smallest absolute Gasteiger partial charge is 0.224 e. The zero-order valence-corrected chi connectivity index (χ0v) is 9.49. The Morgan fingerprint density at radius 2 is 2.00 bits per heavy atom. The van der Waals surface area contributed by atoms with Gasteiger partial charge in [0.15, 0.2) is 0 Å². The summed E-state index contributed by atoms with van der Waals surface area (Å²) in [7, 11) is 0. The molecule has 1 atom stereocenters. The van der Waals surface area contributed by atoms with Gasteiger partial charge in [0.2, 0.25) is 5.91 Å². The van der Waals surface area contributed by atoms with Gasteiger partial charge in [-0.3, -0.25) is 4.79 Å². The molecule has 0 aromatic rings. The molecule has 1 aliphatic carbocycles. The molecule has 0 aromatic heterocycles. The summed E-state index contributed by atoms with van der Waals surface area (Å²) < 4.78 is 0. The molecule has 3 heteroatoms. The van der Waals surface area contributed by atoms with Crippen molar-refractivity contribution in [3.63, 3.8) is 0 Å². The van der Waals surface area contributed by atoms with Gasteiger partial charge in [-0.15, -0.1) is 0 Å². The molecular weight excluding hydrogens is 176 g/mol. The van der Waals surface area contributed by atoms with Gasteiger partial charge in [-0.05, 0) is 25.7 Å². The van der Waals surface area contributed by atoms with E-state index in [0.29, 0.717) is 18.4 Å². The Balaban J connectivity index is 2.44. The Morgan fingerprint density at radius 3 is 2.36 bits per heavy atom. The Labute approximate surface area is 86.6 Å². The minimum Gasteiger partial charge on any atom is -0.339 e. The van der Waals surface area contributed by atoms with E-state index in [4.69, 9.17) is 5.73 Å². The summed E-state index contributed by atoms with van der Waals surface area (Å²) in [5.74, 6) is 0.781. The first-order chi connectivity index (χ1) is 6.50. The van der Waals surface area contributed by atoms with Crippen LogP contribution in [0.4, 0.5) is 0 Å². The second kappa shape index (κ2) is 4.78. The lowest BCUT2D eigenvalue weighted by Gasteiger charge is -2.25. The van der Waals surface area contributed by atoms with Crippen molar-refractivity contribution in [2.75, 3.05) is 6.54 Å². The van der Waals surface area contributed by atoms with Gasteiger partial charge in [0.1, 0.15) is 0 Å². The first-order valence-corrected chi connectivity index (χ1v) is 5.55. The van der Waals surface area contributed by atoms with E-state index < -0.39 is 0 Å². The number of carbonyl (C=O) groups excluding carboxylic acids is 1. The van der Waals surface area contributed by atoms with Crippen molar-refractivity contribution >= 4 is 5.91 Å². The van der Waals surface area contributed by atoms with Crippen molar-refractivity contribution < 1.29 is 4.79 Å². The van der Waals surface area contributed by atoms with E-state index in [2.05, 4.69) is 13.8 Å². The van der Waals surface area contributed by atoms with Gasteiger partial charge in [-0.1, -0.05) is 13.8 Å². The number of hydrogen-bond acceptors (Lipinski definition) is 2. The normalized spacial score (nSPS) is 18.4. The van der Waals surface area contributed by atoms with Gasteiger partial charge in [0.25, 0.3) is 0 Å². The summed E-state index contributed by atoms with van der Waals surface area (Å²) >= 11 is 0. The summed E-state index contributed by atoms with van der Waals surface area (Å²) in [5.41, 5.74) is 5.63. The van der Waals surface area contributed by atoms with E-state index >= 15 is 0 Å². The maximum atomic E-state index is 11.8. The highest BCUT2D eigenvalue weighted by Gasteiger charge is 2.32. The molecule has 0 spiro atoms. The molecule has 3 nitrogen and oxygen atoms in total. The second-order valence-electron chi connectivity index (χ2n) is 4.85. The average Bonchev–Trinajstić information content (AvgIpc) is 2.80. The molecule has 0 aromatic carbocycles. The largest absolute Gasteiger partial charge is 0.339 e. The highest BCUT2D eigenvalue weighted by molar-refractivity contribution is 5.77. The van der Waals surface area contributed by atoms with Crippen LogP contribution in [0.3, 0.4) is 0 Å². The molecule has 0 bridgehead atoms. The maximum absolute atomic E-state index is 11.8. The predicted molar refractivity (Wildman–Crippen MR) is 57.8 cm³/mol. The monoisotopic (exact) mass is 198 g/mol. The van der Waals surface area contributed by atoms with Gasteiger partial charge in [0, 0.05) is 25.0 Å². The van der Waals surface area contributed by atoms with Crippen LogP contribution in [-0.2, 0) is 4.79 Å². The summed E-state index contributed by atoms with van der Waals surface area (Å²) in [6, 6.07) is 0.500. The van der Waals surface area contributed by atoms with Crippen LogP contribution in [0.5, 0.6) is 0 Å². The fourth-order valence-corrected chi connectivity index (χ4v) is 1.63. The zero-order valence-electron chi connectivity index (χ0n) is 9.49. The Kier molecular flexibility index (Phi) is 3.93.